The Morgan fingerprint density at radius 2 is 2.04 bits per heavy atom. The summed E-state index contributed by atoms with van der Waals surface area (Å²) in [6, 6.07) is 0. The number of amides is 1. The Morgan fingerprint density at radius 1 is 1.24 bits per heavy atom. The lowest BCUT2D eigenvalue weighted by Crippen LogP contribution is -2.38. The average molecular weight is 340 g/mol. The van der Waals surface area contributed by atoms with Crippen LogP contribution >= 0.6 is 0 Å². The summed E-state index contributed by atoms with van der Waals surface area (Å²) in [5.74, 6) is 3.31. The number of hydrogen-bond donors (Lipinski definition) is 0. The first kappa shape index (κ1) is 16.1. The molecule has 0 aromatic carbocycles. The van der Waals surface area contributed by atoms with Crippen molar-refractivity contribution in [3.8, 4) is 0 Å². The highest BCUT2D eigenvalue weighted by molar-refractivity contribution is 5.79. The van der Waals surface area contributed by atoms with Gasteiger partial charge in [-0.05, 0) is 26.7 Å². The minimum absolute atomic E-state index is 0.0949. The SMILES string of the molecule is Cc1nc(C)n(C[C@@H]2CN(C(=O)C3CC=CC3)Cc3nccn3C2)n1. The summed E-state index contributed by atoms with van der Waals surface area (Å²) in [6.45, 7) is 6.82. The predicted molar refractivity (Wildman–Crippen MR) is 92.5 cm³/mol. The van der Waals surface area contributed by atoms with Crippen molar-refractivity contribution in [2.45, 2.75) is 46.3 Å². The van der Waals surface area contributed by atoms with Gasteiger partial charge >= 0.3 is 0 Å². The van der Waals surface area contributed by atoms with E-state index in [-0.39, 0.29) is 17.7 Å². The van der Waals surface area contributed by atoms with E-state index in [1.54, 1.807) is 0 Å². The third-order valence-electron chi connectivity index (χ3n) is 5.13. The molecule has 0 saturated carbocycles. The van der Waals surface area contributed by atoms with Crippen LogP contribution in [0.2, 0.25) is 0 Å². The largest absolute Gasteiger partial charge is 0.335 e. The van der Waals surface area contributed by atoms with E-state index in [1.165, 1.54) is 0 Å². The smallest absolute Gasteiger partial charge is 0.226 e. The van der Waals surface area contributed by atoms with E-state index in [2.05, 4.69) is 31.8 Å². The topological polar surface area (TPSA) is 68.8 Å². The van der Waals surface area contributed by atoms with E-state index in [1.807, 2.05) is 35.8 Å². The lowest BCUT2D eigenvalue weighted by Gasteiger charge is -2.26. The van der Waals surface area contributed by atoms with Crippen LogP contribution in [0, 0.1) is 25.7 Å². The van der Waals surface area contributed by atoms with Gasteiger partial charge < -0.3 is 9.47 Å². The molecule has 132 valence electrons. The van der Waals surface area contributed by atoms with Crippen LogP contribution in [0.1, 0.15) is 30.3 Å². The maximum Gasteiger partial charge on any atom is 0.226 e. The quantitative estimate of drug-likeness (QED) is 0.798. The van der Waals surface area contributed by atoms with Crippen molar-refractivity contribution in [2.75, 3.05) is 6.54 Å². The Labute approximate surface area is 147 Å². The van der Waals surface area contributed by atoms with Gasteiger partial charge in [-0.1, -0.05) is 12.2 Å². The van der Waals surface area contributed by atoms with Crippen molar-refractivity contribution in [2.24, 2.45) is 11.8 Å². The molecule has 4 rings (SSSR count). The number of carbonyl (C=O) groups is 1. The number of fused-ring (bicyclic) bond motifs is 1. The minimum Gasteiger partial charge on any atom is -0.335 e. The number of rotatable bonds is 3. The van der Waals surface area contributed by atoms with Gasteiger partial charge in [0, 0.05) is 43.9 Å². The molecule has 1 atom stereocenters. The molecule has 3 heterocycles. The highest BCUT2D eigenvalue weighted by Gasteiger charge is 2.30. The van der Waals surface area contributed by atoms with E-state index in [4.69, 9.17) is 0 Å². The van der Waals surface area contributed by atoms with Gasteiger partial charge in [0.2, 0.25) is 5.91 Å². The fraction of sp³-hybridized carbons (Fsp3) is 0.556. The van der Waals surface area contributed by atoms with Crippen molar-refractivity contribution in [3.63, 3.8) is 0 Å². The van der Waals surface area contributed by atoms with Crippen LogP contribution in [-0.4, -0.2) is 41.7 Å². The second-order valence-corrected chi connectivity index (χ2v) is 7.11. The molecule has 1 aliphatic heterocycles. The summed E-state index contributed by atoms with van der Waals surface area (Å²) in [6.07, 6.45) is 9.77. The molecule has 2 aromatic rings. The summed E-state index contributed by atoms with van der Waals surface area (Å²) >= 11 is 0. The molecular formula is C18H24N6O. The monoisotopic (exact) mass is 340 g/mol. The summed E-state index contributed by atoms with van der Waals surface area (Å²) in [5.41, 5.74) is 0. The summed E-state index contributed by atoms with van der Waals surface area (Å²) in [7, 11) is 0. The average Bonchev–Trinajstić information content (AvgIpc) is 3.28. The molecule has 1 aliphatic carbocycles. The molecule has 25 heavy (non-hydrogen) atoms. The molecule has 0 N–H and O–H groups in total. The molecule has 0 bridgehead atoms. The first-order chi connectivity index (χ1) is 12.1. The second-order valence-electron chi connectivity index (χ2n) is 7.11. The van der Waals surface area contributed by atoms with Crippen LogP contribution in [0.25, 0.3) is 0 Å². The Balaban J connectivity index is 1.56. The fourth-order valence-electron chi connectivity index (χ4n) is 3.88. The molecule has 7 nitrogen and oxygen atoms in total. The maximum atomic E-state index is 13.0. The summed E-state index contributed by atoms with van der Waals surface area (Å²) in [5, 5.41) is 4.49. The number of imidazole rings is 1. The minimum atomic E-state index is 0.0949. The molecular weight excluding hydrogens is 316 g/mol. The van der Waals surface area contributed by atoms with Gasteiger partial charge in [0.1, 0.15) is 17.5 Å². The zero-order chi connectivity index (χ0) is 17.4. The molecule has 2 aromatic heterocycles. The van der Waals surface area contributed by atoms with Gasteiger partial charge in [-0.15, -0.1) is 0 Å². The Bertz CT molecular complexity index is 796. The number of allylic oxidation sites excluding steroid dienone is 2. The third kappa shape index (κ3) is 3.23. The number of aryl methyl sites for hydroxylation is 2. The molecule has 0 fully saturated rings. The number of carbonyl (C=O) groups excluding carboxylic acids is 1. The molecule has 0 spiro atoms. The molecule has 0 unspecified atom stereocenters. The number of hydrogen-bond acceptors (Lipinski definition) is 4. The van der Waals surface area contributed by atoms with E-state index in [9.17, 15) is 4.79 Å². The number of nitrogens with zero attached hydrogens (tertiary/aromatic N) is 6. The zero-order valence-electron chi connectivity index (χ0n) is 14.8. The van der Waals surface area contributed by atoms with Crippen molar-refractivity contribution < 1.29 is 4.79 Å². The molecule has 1 amide bonds. The van der Waals surface area contributed by atoms with Crippen LogP contribution < -0.4 is 0 Å². The van der Waals surface area contributed by atoms with Crippen molar-refractivity contribution >= 4 is 5.91 Å². The fourth-order valence-corrected chi connectivity index (χ4v) is 3.88. The molecule has 2 aliphatic rings. The first-order valence-corrected chi connectivity index (χ1v) is 8.92. The van der Waals surface area contributed by atoms with E-state index < -0.39 is 0 Å². The maximum absolute atomic E-state index is 13.0. The van der Waals surface area contributed by atoms with Gasteiger partial charge in [-0.2, -0.15) is 5.10 Å². The highest BCUT2D eigenvalue weighted by atomic mass is 16.2. The van der Waals surface area contributed by atoms with Crippen LogP contribution in [0.4, 0.5) is 0 Å². The molecule has 7 heteroatoms. The second kappa shape index (κ2) is 6.46. The van der Waals surface area contributed by atoms with Crippen molar-refractivity contribution in [1.29, 1.82) is 0 Å². The van der Waals surface area contributed by atoms with Crippen molar-refractivity contribution in [3.05, 3.63) is 42.0 Å². The van der Waals surface area contributed by atoms with E-state index in [0.29, 0.717) is 6.54 Å². The zero-order valence-corrected chi connectivity index (χ0v) is 14.8. The summed E-state index contributed by atoms with van der Waals surface area (Å²) in [4.78, 5) is 23.8. The lowest BCUT2D eigenvalue weighted by atomic mass is 10.0. The summed E-state index contributed by atoms with van der Waals surface area (Å²) < 4.78 is 4.13. The van der Waals surface area contributed by atoms with Crippen LogP contribution in [0.5, 0.6) is 0 Å². The van der Waals surface area contributed by atoms with Crippen LogP contribution in [0.3, 0.4) is 0 Å². The van der Waals surface area contributed by atoms with E-state index >= 15 is 0 Å². The number of aromatic nitrogens is 5. The lowest BCUT2D eigenvalue weighted by molar-refractivity contribution is -0.136. The van der Waals surface area contributed by atoms with Gasteiger partial charge in [0.25, 0.3) is 0 Å². The standard InChI is InChI=1S/C18H24N6O/c1-13-20-14(2)24(21-13)11-15-9-22-8-7-19-17(22)12-23(10-15)18(25)16-5-3-4-6-16/h3-4,7-8,15-16H,5-6,9-12H2,1-2H3/t15-/m0/s1. The molecule has 0 radical (unpaired) electrons. The Morgan fingerprint density at radius 3 is 2.76 bits per heavy atom. The van der Waals surface area contributed by atoms with Gasteiger partial charge in [0.15, 0.2) is 0 Å². The van der Waals surface area contributed by atoms with Gasteiger partial charge in [-0.25, -0.2) is 14.6 Å². The van der Waals surface area contributed by atoms with Gasteiger partial charge in [0.05, 0.1) is 6.54 Å². The van der Waals surface area contributed by atoms with E-state index in [0.717, 1.165) is 49.9 Å². The predicted octanol–water partition coefficient (Wildman–Crippen LogP) is 1.72. The van der Waals surface area contributed by atoms with Crippen LogP contribution in [0.15, 0.2) is 24.5 Å². The van der Waals surface area contributed by atoms with Crippen LogP contribution in [-0.2, 0) is 24.4 Å². The third-order valence-corrected chi connectivity index (χ3v) is 5.13. The van der Waals surface area contributed by atoms with Gasteiger partial charge in [-0.3, -0.25) is 4.79 Å². The Hall–Kier alpha value is -2.44. The molecule has 0 saturated heterocycles. The Kier molecular flexibility index (Phi) is 4.15. The normalized spacial score (nSPS) is 20.7. The first-order valence-electron chi connectivity index (χ1n) is 8.92. The highest BCUT2D eigenvalue weighted by Crippen LogP contribution is 2.24. The van der Waals surface area contributed by atoms with Crippen molar-refractivity contribution in [1.82, 2.24) is 29.2 Å².